The maximum Gasteiger partial charge on any atom is 0.277 e. The molecule has 38 heavy (non-hydrogen) atoms. The van der Waals surface area contributed by atoms with Crippen LogP contribution in [0.1, 0.15) is 35.3 Å². The third-order valence-corrected chi connectivity index (χ3v) is 7.18. The minimum atomic E-state index is -0.173. The van der Waals surface area contributed by atoms with Gasteiger partial charge in [-0.2, -0.15) is 9.83 Å². The molecule has 0 aliphatic carbocycles. The van der Waals surface area contributed by atoms with Crippen molar-refractivity contribution >= 4 is 23.2 Å². The lowest BCUT2D eigenvalue weighted by Crippen LogP contribution is -2.39. The van der Waals surface area contributed by atoms with E-state index in [1.54, 1.807) is 22.8 Å². The van der Waals surface area contributed by atoms with Crippen molar-refractivity contribution in [1.82, 2.24) is 9.78 Å². The number of piperidine rings is 1. The van der Waals surface area contributed by atoms with Crippen molar-refractivity contribution in [2.45, 2.75) is 25.7 Å². The van der Waals surface area contributed by atoms with Gasteiger partial charge in [0.25, 0.3) is 5.91 Å². The van der Waals surface area contributed by atoms with Crippen LogP contribution in [0.3, 0.4) is 0 Å². The Morgan fingerprint density at radius 1 is 0.868 bits per heavy atom. The summed E-state index contributed by atoms with van der Waals surface area (Å²) in [6.07, 6.45) is 5.96. The molecular formula is C29H27N5O4. The van der Waals surface area contributed by atoms with Gasteiger partial charge in [-0.3, -0.25) is 9.59 Å². The van der Waals surface area contributed by atoms with E-state index >= 15 is 0 Å². The van der Waals surface area contributed by atoms with Crippen LogP contribution in [0.2, 0.25) is 0 Å². The zero-order chi connectivity index (χ0) is 26.2. The number of nitrogens with zero attached hydrogens (tertiary/aromatic N) is 5. The number of pyridine rings is 1. The molecule has 0 saturated carbocycles. The van der Waals surface area contributed by atoms with Crippen molar-refractivity contribution in [2.75, 3.05) is 30.0 Å². The third kappa shape index (κ3) is 4.15. The number of aromatic nitrogens is 3. The fraction of sp³-hybridized carbons (Fsp3) is 0.241. The molecule has 192 valence electrons. The van der Waals surface area contributed by atoms with E-state index in [2.05, 4.69) is 0 Å². The van der Waals surface area contributed by atoms with Crippen molar-refractivity contribution < 1.29 is 19.1 Å². The Morgan fingerprint density at radius 2 is 1.58 bits per heavy atom. The van der Waals surface area contributed by atoms with Crippen LogP contribution in [0.4, 0.5) is 11.4 Å². The fourth-order valence-corrected chi connectivity index (χ4v) is 5.23. The number of anilines is 2. The highest BCUT2D eigenvalue weighted by Crippen LogP contribution is 2.34. The molecule has 9 nitrogen and oxygen atoms in total. The highest BCUT2D eigenvalue weighted by atomic mass is 16.5. The van der Waals surface area contributed by atoms with Crippen molar-refractivity contribution in [2.24, 2.45) is 0 Å². The van der Waals surface area contributed by atoms with Gasteiger partial charge in [0.2, 0.25) is 5.91 Å². The molecule has 0 spiro atoms. The average Bonchev–Trinajstić information content (AvgIpc) is 3.34. The predicted octanol–water partition coefficient (Wildman–Crippen LogP) is 3.90. The predicted molar refractivity (Wildman–Crippen MR) is 143 cm³/mol. The summed E-state index contributed by atoms with van der Waals surface area (Å²) in [5, 5.41) is 16.8. The van der Waals surface area contributed by atoms with Crippen LogP contribution in [0.5, 0.6) is 5.75 Å². The molecule has 0 radical (unpaired) electrons. The van der Waals surface area contributed by atoms with Gasteiger partial charge < -0.3 is 19.7 Å². The van der Waals surface area contributed by atoms with Gasteiger partial charge in [0.1, 0.15) is 17.1 Å². The molecule has 2 aliphatic rings. The van der Waals surface area contributed by atoms with Gasteiger partial charge in [-0.1, -0.05) is 0 Å². The van der Waals surface area contributed by atoms with Crippen molar-refractivity contribution in [3.63, 3.8) is 0 Å². The van der Waals surface area contributed by atoms with E-state index in [4.69, 9.17) is 9.84 Å². The average molecular weight is 510 g/mol. The molecule has 4 heterocycles. The smallest absolute Gasteiger partial charge is 0.277 e. The quantitative estimate of drug-likeness (QED) is 0.300. The Bertz CT molecular complexity index is 1510. The van der Waals surface area contributed by atoms with Crippen LogP contribution in [-0.4, -0.2) is 41.8 Å². The summed E-state index contributed by atoms with van der Waals surface area (Å²) in [6.45, 7) is 1.19. The molecule has 0 N–H and O–H groups in total. The van der Waals surface area contributed by atoms with Gasteiger partial charge in [0.15, 0.2) is 12.4 Å². The van der Waals surface area contributed by atoms with E-state index in [0.29, 0.717) is 47.8 Å². The third-order valence-electron chi connectivity index (χ3n) is 7.18. The molecule has 2 aliphatic heterocycles. The van der Waals surface area contributed by atoms with Crippen LogP contribution in [-0.2, 0) is 11.2 Å². The zero-order valence-electron chi connectivity index (χ0n) is 21.0. The lowest BCUT2D eigenvalue weighted by atomic mass is 9.99. The molecular weight excluding hydrogens is 482 g/mol. The van der Waals surface area contributed by atoms with Crippen LogP contribution in [0, 0.1) is 5.21 Å². The first-order valence-corrected chi connectivity index (χ1v) is 12.7. The lowest BCUT2D eigenvalue weighted by molar-refractivity contribution is -0.604. The van der Waals surface area contributed by atoms with Gasteiger partial charge >= 0.3 is 0 Å². The molecule has 2 amide bonds. The molecule has 2 aromatic heterocycles. The summed E-state index contributed by atoms with van der Waals surface area (Å²) in [5.74, 6) is 0.665. The first kappa shape index (κ1) is 23.7. The number of fused-ring (bicyclic) bond motifs is 1. The van der Waals surface area contributed by atoms with Gasteiger partial charge in [0, 0.05) is 42.5 Å². The van der Waals surface area contributed by atoms with Crippen LogP contribution < -0.4 is 19.3 Å². The second-order valence-electron chi connectivity index (χ2n) is 9.46. The van der Waals surface area contributed by atoms with Crippen LogP contribution in [0.15, 0.2) is 73.1 Å². The van der Waals surface area contributed by atoms with E-state index in [1.807, 2.05) is 59.5 Å². The molecule has 1 saturated heterocycles. The standard InChI is InChI=1S/C29H27N5O4/c1-38-24-13-11-23(12-14-24)34-28-25(27(30-34)20-5-4-16-31(37)19-20)15-18-33(29(28)36)22-9-7-21(8-10-22)32-17-3-2-6-26(32)35/h4-5,7-14,16,19H,2-3,6,15,17-18H2,1H3. The summed E-state index contributed by atoms with van der Waals surface area (Å²) in [5.41, 5.74) is 4.88. The number of methoxy groups -OCH3 is 1. The summed E-state index contributed by atoms with van der Waals surface area (Å²) >= 11 is 0. The summed E-state index contributed by atoms with van der Waals surface area (Å²) in [7, 11) is 1.60. The fourth-order valence-electron chi connectivity index (χ4n) is 5.23. The summed E-state index contributed by atoms with van der Waals surface area (Å²) < 4.78 is 7.68. The van der Waals surface area contributed by atoms with E-state index in [0.717, 1.165) is 41.1 Å². The van der Waals surface area contributed by atoms with E-state index in [9.17, 15) is 14.8 Å². The minimum absolute atomic E-state index is 0.138. The maximum absolute atomic E-state index is 14.0. The Hall–Kier alpha value is -4.66. The van der Waals surface area contributed by atoms with Gasteiger partial charge in [0.05, 0.1) is 18.4 Å². The molecule has 0 unspecified atom stereocenters. The summed E-state index contributed by atoms with van der Waals surface area (Å²) in [6, 6.07) is 18.5. The molecule has 4 aromatic rings. The highest BCUT2D eigenvalue weighted by molar-refractivity contribution is 6.08. The van der Waals surface area contributed by atoms with Crippen LogP contribution >= 0.6 is 0 Å². The Labute approximate surface area is 220 Å². The van der Waals surface area contributed by atoms with Crippen molar-refractivity contribution in [1.29, 1.82) is 0 Å². The van der Waals surface area contributed by atoms with Crippen LogP contribution in [0.25, 0.3) is 16.9 Å². The Kier molecular flexibility index (Phi) is 6.03. The second-order valence-corrected chi connectivity index (χ2v) is 9.46. The largest absolute Gasteiger partial charge is 0.619 e. The number of carbonyl (C=O) groups is 2. The van der Waals surface area contributed by atoms with Gasteiger partial charge in [-0.15, -0.1) is 0 Å². The molecule has 2 aromatic carbocycles. The van der Waals surface area contributed by atoms with E-state index < -0.39 is 0 Å². The molecule has 9 heteroatoms. The number of hydrogen-bond acceptors (Lipinski definition) is 5. The Balaban J connectivity index is 1.39. The molecule has 0 bridgehead atoms. The van der Waals surface area contributed by atoms with Gasteiger partial charge in [-0.25, -0.2) is 4.68 Å². The SMILES string of the molecule is COc1ccc(-n2nc(-c3ccc[n+]([O-])c3)c3c2C(=O)N(c2ccc(N4CCCCC4=O)cc2)CC3)cc1. The molecule has 1 fully saturated rings. The lowest BCUT2D eigenvalue weighted by Gasteiger charge is -2.29. The highest BCUT2D eigenvalue weighted by Gasteiger charge is 2.34. The van der Waals surface area contributed by atoms with Crippen molar-refractivity contribution in [3.8, 4) is 22.7 Å². The molecule has 0 atom stereocenters. The Morgan fingerprint density at radius 3 is 2.26 bits per heavy atom. The zero-order valence-corrected chi connectivity index (χ0v) is 21.0. The first-order valence-electron chi connectivity index (χ1n) is 12.7. The summed E-state index contributed by atoms with van der Waals surface area (Å²) in [4.78, 5) is 29.9. The number of amides is 2. The van der Waals surface area contributed by atoms with Gasteiger partial charge in [-0.05, 0) is 73.9 Å². The number of ether oxygens (including phenoxy) is 1. The number of benzene rings is 2. The monoisotopic (exact) mass is 509 g/mol. The first-order chi connectivity index (χ1) is 18.5. The number of carbonyl (C=O) groups excluding carboxylic acids is 2. The van der Waals surface area contributed by atoms with E-state index in [1.165, 1.54) is 12.4 Å². The topological polar surface area (TPSA) is 94.6 Å². The maximum atomic E-state index is 14.0. The normalized spacial score (nSPS) is 15.5. The second kappa shape index (κ2) is 9.66. The van der Waals surface area contributed by atoms with Crippen molar-refractivity contribution in [3.05, 3.63) is 89.5 Å². The molecule has 6 rings (SSSR count). The minimum Gasteiger partial charge on any atom is -0.619 e. The van der Waals surface area contributed by atoms with E-state index in [-0.39, 0.29) is 11.8 Å². The number of hydrogen-bond donors (Lipinski definition) is 0. The number of rotatable bonds is 5.